The Morgan fingerprint density at radius 3 is 2.74 bits per heavy atom. The number of benzene rings is 1. The van der Waals surface area contributed by atoms with Gasteiger partial charge in [-0.2, -0.15) is 10.2 Å². The number of rotatable bonds is 7. The fourth-order valence-electron chi connectivity index (χ4n) is 2.80. The van der Waals surface area contributed by atoms with Crippen molar-refractivity contribution >= 4 is 27.5 Å². The number of hydrogen-bond acceptors (Lipinski definition) is 4. The van der Waals surface area contributed by atoms with Crippen LogP contribution in [0, 0.1) is 13.8 Å². The lowest BCUT2D eigenvalue weighted by Gasteiger charge is -2.14. The molecule has 3 aromatic rings. The lowest BCUT2D eigenvalue weighted by atomic mass is 10.1. The molecule has 0 aliphatic rings. The van der Waals surface area contributed by atoms with E-state index in [1.165, 1.54) is 5.56 Å². The molecule has 0 saturated heterocycles. The third-order valence-corrected chi connectivity index (χ3v) is 4.57. The molecule has 1 amide bonds. The van der Waals surface area contributed by atoms with Crippen molar-refractivity contribution in [2.24, 2.45) is 0 Å². The second-order valence-electron chi connectivity index (χ2n) is 6.36. The summed E-state index contributed by atoms with van der Waals surface area (Å²) in [6.07, 6.45) is 7.43. The van der Waals surface area contributed by atoms with Gasteiger partial charge in [0.05, 0.1) is 28.8 Å². The maximum atomic E-state index is 12.6. The van der Waals surface area contributed by atoms with Gasteiger partial charge in [0.2, 0.25) is 5.91 Å². The largest absolute Gasteiger partial charge is 0.471 e. The monoisotopic (exact) mass is 431 g/mol. The first kappa shape index (κ1) is 19.2. The summed E-state index contributed by atoms with van der Waals surface area (Å²) in [5, 5.41) is 11.3. The third-order valence-electron chi connectivity index (χ3n) is 4.16. The molecule has 1 unspecified atom stereocenters. The van der Waals surface area contributed by atoms with Crippen LogP contribution in [0.1, 0.15) is 30.5 Å². The van der Waals surface area contributed by atoms with Gasteiger partial charge in [-0.15, -0.1) is 0 Å². The average Bonchev–Trinajstić information content (AvgIpc) is 3.24. The number of halogens is 1. The Morgan fingerprint density at radius 2 is 2.07 bits per heavy atom. The fourth-order valence-corrected chi connectivity index (χ4v) is 3.10. The number of aryl methyl sites for hydroxylation is 2. The minimum Gasteiger partial charge on any atom is -0.471 e. The maximum absolute atomic E-state index is 12.6. The van der Waals surface area contributed by atoms with Gasteiger partial charge in [0.25, 0.3) is 0 Å². The molecule has 0 bridgehead atoms. The molecule has 0 radical (unpaired) electrons. The van der Waals surface area contributed by atoms with Crippen molar-refractivity contribution in [3.8, 4) is 5.75 Å². The van der Waals surface area contributed by atoms with Crippen LogP contribution in [0.15, 0.2) is 47.5 Å². The van der Waals surface area contributed by atoms with Crippen LogP contribution in [0.4, 0.5) is 5.69 Å². The fraction of sp³-hybridized carbons (Fsp3) is 0.316. The summed E-state index contributed by atoms with van der Waals surface area (Å²) in [5.74, 6) is 0.680. The van der Waals surface area contributed by atoms with Crippen molar-refractivity contribution in [2.75, 3.05) is 5.32 Å². The summed E-state index contributed by atoms with van der Waals surface area (Å²) in [7, 11) is 0. The molecule has 0 spiro atoms. The highest BCUT2D eigenvalue weighted by atomic mass is 79.9. The van der Waals surface area contributed by atoms with Crippen LogP contribution in [0.2, 0.25) is 0 Å². The summed E-state index contributed by atoms with van der Waals surface area (Å²) < 4.78 is 9.93. The predicted octanol–water partition coefficient (Wildman–Crippen LogP) is 4.09. The zero-order valence-electron chi connectivity index (χ0n) is 15.5. The second kappa shape index (κ2) is 8.39. The van der Waals surface area contributed by atoms with Gasteiger partial charge in [-0.1, -0.05) is 24.6 Å². The first-order valence-corrected chi connectivity index (χ1v) is 9.48. The van der Waals surface area contributed by atoms with Crippen molar-refractivity contribution < 1.29 is 9.53 Å². The van der Waals surface area contributed by atoms with Gasteiger partial charge in [-0.05, 0) is 47.8 Å². The number of ether oxygens (including phenoxy) is 1. The van der Waals surface area contributed by atoms with Crippen LogP contribution < -0.4 is 10.1 Å². The summed E-state index contributed by atoms with van der Waals surface area (Å²) in [4.78, 5) is 12.6. The van der Waals surface area contributed by atoms with E-state index in [1.807, 2.05) is 32.9 Å². The molecular weight excluding hydrogens is 410 g/mol. The zero-order valence-corrected chi connectivity index (χ0v) is 17.1. The number of amides is 1. The highest BCUT2D eigenvalue weighted by Crippen LogP contribution is 2.20. The number of carbonyl (C=O) groups is 1. The molecular formula is C19H22BrN5O2. The van der Waals surface area contributed by atoms with E-state index in [0.29, 0.717) is 12.1 Å². The van der Waals surface area contributed by atoms with E-state index in [1.54, 1.807) is 34.2 Å². The van der Waals surface area contributed by atoms with Crippen molar-refractivity contribution in [2.45, 2.75) is 40.0 Å². The Kier molecular flexibility index (Phi) is 5.95. The van der Waals surface area contributed by atoms with Crippen LogP contribution in [0.25, 0.3) is 0 Å². The molecule has 0 aliphatic heterocycles. The minimum absolute atomic E-state index is 0.136. The summed E-state index contributed by atoms with van der Waals surface area (Å²) in [5.41, 5.74) is 2.89. The molecule has 3 rings (SSSR count). The lowest BCUT2D eigenvalue weighted by molar-refractivity contribution is -0.119. The standard InChI is InChI=1S/C19H22BrN5O2/c1-4-17(25-10-15(20)8-22-25)19(26)23-16-9-21-24(11-16)12-27-18-6-5-13(2)7-14(18)3/h5-11,17H,4,12H2,1-3H3,(H,23,26). The van der Waals surface area contributed by atoms with E-state index < -0.39 is 0 Å². The number of aromatic nitrogens is 4. The lowest BCUT2D eigenvalue weighted by Crippen LogP contribution is -2.25. The van der Waals surface area contributed by atoms with E-state index in [9.17, 15) is 4.79 Å². The zero-order chi connectivity index (χ0) is 19.4. The predicted molar refractivity (Wildman–Crippen MR) is 107 cm³/mol. The SMILES string of the molecule is CCC(C(=O)Nc1cnn(COc2ccc(C)cc2C)c1)n1cc(Br)cn1. The molecule has 0 saturated carbocycles. The Labute approximate surface area is 166 Å². The first-order valence-electron chi connectivity index (χ1n) is 8.69. The maximum Gasteiger partial charge on any atom is 0.249 e. The van der Waals surface area contributed by atoms with Gasteiger partial charge in [0.1, 0.15) is 11.8 Å². The van der Waals surface area contributed by atoms with Crippen LogP contribution in [0.3, 0.4) is 0 Å². The molecule has 27 heavy (non-hydrogen) atoms. The molecule has 1 N–H and O–H groups in total. The molecule has 0 fully saturated rings. The second-order valence-corrected chi connectivity index (χ2v) is 7.28. The Bertz CT molecular complexity index is 934. The van der Waals surface area contributed by atoms with Crippen molar-refractivity contribution in [1.29, 1.82) is 0 Å². The third kappa shape index (κ3) is 4.77. The summed E-state index contributed by atoms with van der Waals surface area (Å²) in [6.45, 7) is 6.27. The van der Waals surface area contributed by atoms with Crippen molar-refractivity contribution in [1.82, 2.24) is 19.6 Å². The molecule has 1 aromatic carbocycles. The number of nitrogens with one attached hydrogen (secondary N) is 1. The topological polar surface area (TPSA) is 74.0 Å². The van der Waals surface area contributed by atoms with E-state index in [0.717, 1.165) is 15.8 Å². The molecule has 8 heteroatoms. The average molecular weight is 432 g/mol. The summed E-state index contributed by atoms with van der Waals surface area (Å²) >= 11 is 3.35. The molecule has 0 aliphatic carbocycles. The van der Waals surface area contributed by atoms with Crippen molar-refractivity contribution in [3.05, 3.63) is 58.6 Å². The molecule has 1 atom stereocenters. The van der Waals surface area contributed by atoms with Gasteiger partial charge in [-0.25, -0.2) is 4.68 Å². The van der Waals surface area contributed by atoms with Gasteiger partial charge in [-0.3, -0.25) is 9.48 Å². The Hall–Kier alpha value is -2.61. The summed E-state index contributed by atoms with van der Waals surface area (Å²) in [6, 6.07) is 5.65. The van der Waals surface area contributed by atoms with Gasteiger partial charge in [0.15, 0.2) is 6.73 Å². The number of anilines is 1. The smallest absolute Gasteiger partial charge is 0.249 e. The molecule has 142 valence electrons. The van der Waals surface area contributed by atoms with Gasteiger partial charge < -0.3 is 10.1 Å². The van der Waals surface area contributed by atoms with Gasteiger partial charge >= 0.3 is 0 Å². The van der Waals surface area contributed by atoms with Crippen molar-refractivity contribution in [3.63, 3.8) is 0 Å². The number of carbonyl (C=O) groups excluding carboxylic acids is 1. The van der Waals surface area contributed by atoms with E-state index >= 15 is 0 Å². The number of nitrogens with zero attached hydrogens (tertiary/aromatic N) is 4. The molecule has 7 nitrogen and oxygen atoms in total. The quantitative estimate of drug-likeness (QED) is 0.611. The Morgan fingerprint density at radius 1 is 1.26 bits per heavy atom. The van der Waals surface area contributed by atoms with E-state index in [4.69, 9.17) is 4.74 Å². The minimum atomic E-state index is -0.383. The van der Waals surface area contributed by atoms with Crippen LogP contribution in [-0.4, -0.2) is 25.5 Å². The van der Waals surface area contributed by atoms with E-state index in [2.05, 4.69) is 37.5 Å². The Balaban J connectivity index is 1.60. The highest BCUT2D eigenvalue weighted by Gasteiger charge is 2.20. The van der Waals surface area contributed by atoms with Crippen LogP contribution in [0.5, 0.6) is 5.75 Å². The number of hydrogen-bond donors (Lipinski definition) is 1. The van der Waals surface area contributed by atoms with Gasteiger partial charge in [0, 0.05) is 6.20 Å². The van der Waals surface area contributed by atoms with E-state index in [-0.39, 0.29) is 18.7 Å². The first-order chi connectivity index (χ1) is 13.0. The van der Waals surface area contributed by atoms with Crippen LogP contribution >= 0.6 is 15.9 Å². The highest BCUT2D eigenvalue weighted by molar-refractivity contribution is 9.10. The normalized spacial score (nSPS) is 12.0. The van der Waals surface area contributed by atoms with Crippen LogP contribution in [-0.2, 0) is 11.5 Å². The molecule has 2 aromatic heterocycles. The molecule has 2 heterocycles.